The molecule has 0 aliphatic carbocycles. The van der Waals surface area contributed by atoms with Gasteiger partial charge in [0, 0.05) is 48.0 Å². The zero-order chi connectivity index (χ0) is 11.7. The minimum atomic E-state index is -2.38. The molecule has 0 unspecified atom stereocenters. The van der Waals surface area contributed by atoms with Crippen LogP contribution in [0.25, 0.3) is 0 Å². The van der Waals surface area contributed by atoms with Gasteiger partial charge < -0.3 is 18.2 Å². The van der Waals surface area contributed by atoms with Gasteiger partial charge in [-0.1, -0.05) is 0 Å². The molecule has 0 aliphatic rings. The van der Waals surface area contributed by atoms with Crippen molar-refractivity contribution < 1.29 is 13.3 Å². The molecule has 6 heteroatoms. The van der Waals surface area contributed by atoms with E-state index in [0.717, 1.165) is 19.0 Å². The van der Waals surface area contributed by atoms with Gasteiger partial charge in [0.25, 0.3) is 0 Å². The summed E-state index contributed by atoms with van der Waals surface area (Å²) >= 11 is 0. The van der Waals surface area contributed by atoms with Crippen LogP contribution in [0, 0.1) is 0 Å². The predicted octanol–water partition coefficient (Wildman–Crippen LogP) is 0.844. The van der Waals surface area contributed by atoms with E-state index < -0.39 is 8.80 Å². The van der Waals surface area contributed by atoms with Crippen molar-refractivity contribution in [3.05, 3.63) is 0 Å². The Hall–Kier alpha value is -0.433. The van der Waals surface area contributed by atoms with Crippen LogP contribution in [-0.4, -0.2) is 62.0 Å². The first-order valence-corrected chi connectivity index (χ1v) is 6.85. The zero-order valence-electron chi connectivity index (χ0n) is 10.3. The van der Waals surface area contributed by atoms with Gasteiger partial charge in [-0.15, -0.1) is 0 Å². The third kappa shape index (κ3) is 5.88. The second-order valence-electron chi connectivity index (χ2n) is 3.38. The maximum Gasteiger partial charge on any atom is 0.500 e. The summed E-state index contributed by atoms with van der Waals surface area (Å²) in [6.45, 7) is 0.767. The normalized spacial score (nSPS) is 12.3. The van der Waals surface area contributed by atoms with Gasteiger partial charge in [0.05, 0.1) is 6.34 Å². The summed E-state index contributed by atoms with van der Waals surface area (Å²) < 4.78 is 15.9. The van der Waals surface area contributed by atoms with E-state index >= 15 is 0 Å². The lowest BCUT2D eigenvalue weighted by molar-refractivity contribution is 0.123. The molecule has 0 bridgehead atoms. The van der Waals surface area contributed by atoms with E-state index in [2.05, 4.69) is 4.99 Å². The van der Waals surface area contributed by atoms with E-state index in [9.17, 15) is 0 Å². The SMILES string of the molecule is CO[Si](CCCN=CN(C)C)(OC)OC. The van der Waals surface area contributed by atoms with Crippen LogP contribution < -0.4 is 0 Å². The zero-order valence-corrected chi connectivity index (χ0v) is 11.3. The number of rotatable bonds is 8. The quantitative estimate of drug-likeness (QED) is 0.270. The fourth-order valence-corrected chi connectivity index (χ4v) is 2.87. The van der Waals surface area contributed by atoms with Crippen molar-refractivity contribution in [1.29, 1.82) is 0 Å². The molecule has 0 heterocycles. The molecule has 0 fully saturated rings. The molecule has 0 saturated carbocycles. The lowest BCUT2D eigenvalue weighted by atomic mass is 10.5. The number of nitrogens with zero attached hydrogens (tertiary/aromatic N) is 2. The van der Waals surface area contributed by atoms with Crippen molar-refractivity contribution in [3.8, 4) is 0 Å². The van der Waals surface area contributed by atoms with Gasteiger partial charge in [0.1, 0.15) is 0 Å². The molecule has 0 spiro atoms. The second-order valence-corrected chi connectivity index (χ2v) is 6.47. The van der Waals surface area contributed by atoms with Crippen molar-refractivity contribution in [1.82, 2.24) is 4.90 Å². The van der Waals surface area contributed by atoms with Crippen LogP contribution in [0.15, 0.2) is 4.99 Å². The topological polar surface area (TPSA) is 43.3 Å². The van der Waals surface area contributed by atoms with Crippen LogP contribution in [0.4, 0.5) is 0 Å². The summed E-state index contributed by atoms with van der Waals surface area (Å²) in [7, 11) is 6.39. The van der Waals surface area contributed by atoms with E-state index in [0.29, 0.717) is 0 Å². The molecule has 0 N–H and O–H groups in total. The van der Waals surface area contributed by atoms with Crippen LogP contribution >= 0.6 is 0 Å². The maximum atomic E-state index is 5.30. The number of aliphatic imine (C=N–C) groups is 1. The standard InChI is InChI=1S/C9H22N2O3Si/c1-11(2)9-10-7-6-8-15(12-3,13-4)14-5/h9H,6-8H2,1-5H3. The van der Waals surface area contributed by atoms with Gasteiger partial charge in [-0.3, -0.25) is 4.99 Å². The van der Waals surface area contributed by atoms with Crippen molar-refractivity contribution in [3.63, 3.8) is 0 Å². The lowest BCUT2D eigenvalue weighted by Crippen LogP contribution is -2.42. The Balaban J connectivity index is 3.81. The van der Waals surface area contributed by atoms with E-state index in [-0.39, 0.29) is 0 Å². The van der Waals surface area contributed by atoms with Crippen molar-refractivity contribution >= 4 is 15.1 Å². The van der Waals surface area contributed by atoms with Gasteiger partial charge in [0.2, 0.25) is 0 Å². The van der Waals surface area contributed by atoms with Crippen molar-refractivity contribution in [2.75, 3.05) is 42.0 Å². The molecule has 0 radical (unpaired) electrons. The average molecular weight is 234 g/mol. The molecular formula is C9H22N2O3Si. The first-order chi connectivity index (χ1) is 7.10. The average Bonchev–Trinajstić information content (AvgIpc) is 2.24. The molecular weight excluding hydrogens is 212 g/mol. The molecule has 0 rings (SSSR count). The maximum absolute atomic E-state index is 5.30. The molecule has 0 aromatic heterocycles. The Kier molecular flexibility index (Phi) is 7.58. The highest BCUT2D eigenvalue weighted by molar-refractivity contribution is 6.60. The number of hydrogen-bond donors (Lipinski definition) is 0. The fourth-order valence-electron chi connectivity index (χ4n) is 1.16. The van der Waals surface area contributed by atoms with Crippen LogP contribution in [-0.2, 0) is 13.3 Å². The third-order valence-electron chi connectivity index (χ3n) is 2.02. The lowest BCUT2D eigenvalue weighted by Gasteiger charge is -2.23. The molecule has 0 atom stereocenters. The second kappa shape index (κ2) is 7.81. The first kappa shape index (κ1) is 14.6. The van der Waals surface area contributed by atoms with Gasteiger partial charge in [-0.25, -0.2) is 0 Å². The fraction of sp³-hybridized carbons (Fsp3) is 0.889. The summed E-state index contributed by atoms with van der Waals surface area (Å²) in [5.74, 6) is 0. The highest BCUT2D eigenvalue weighted by atomic mass is 28.4. The molecule has 0 aliphatic heterocycles. The smallest absolute Gasteiger partial charge is 0.377 e. The molecule has 90 valence electrons. The molecule has 0 aromatic rings. The minimum absolute atomic E-state index is 0.767. The van der Waals surface area contributed by atoms with E-state index in [1.54, 1.807) is 27.7 Å². The van der Waals surface area contributed by atoms with Crippen molar-refractivity contribution in [2.45, 2.75) is 12.5 Å². The summed E-state index contributed by atoms with van der Waals surface area (Å²) in [5, 5.41) is 0. The molecule has 0 amide bonds. The third-order valence-corrected chi connectivity index (χ3v) is 4.85. The molecule has 15 heavy (non-hydrogen) atoms. The highest BCUT2D eigenvalue weighted by Gasteiger charge is 2.36. The Morgan fingerprint density at radius 2 is 1.67 bits per heavy atom. The molecule has 5 nitrogen and oxygen atoms in total. The number of hydrogen-bond acceptors (Lipinski definition) is 4. The monoisotopic (exact) mass is 234 g/mol. The summed E-state index contributed by atoms with van der Waals surface area (Å²) in [5.41, 5.74) is 0. The van der Waals surface area contributed by atoms with Gasteiger partial charge in [-0.05, 0) is 6.42 Å². The van der Waals surface area contributed by atoms with E-state index in [1.165, 1.54) is 0 Å². The van der Waals surface area contributed by atoms with Crippen LogP contribution in [0.3, 0.4) is 0 Å². The van der Waals surface area contributed by atoms with Gasteiger partial charge in [0.15, 0.2) is 0 Å². The van der Waals surface area contributed by atoms with Crippen LogP contribution in [0.1, 0.15) is 6.42 Å². The Bertz CT molecular complexity index is 176. The molecule has 0 saturated heterocycles. The van der Waals surface area contributed by atoms with Gasteiger partial charge in [-0.2, -0.15) is 0 Å². The highest BCUT2D eigenvalue weighted by Crippen LogP contribution is 2.14. The van der Waals surface area contributed by atoms with Crippen LogP contribution in [0.2, 0.25) is 6.04 Å². The molecule has 0 aromatic carbocycles. The predicted molar refractivity (Wildman–Crippen MR) is 63.3 cm³/mol. The Morgan fingerprint density at radius 3 is 2.07 bits per heavy atom. The Morgan fingerprint density at radius 1 is 1.13 bits per heavy atom. The van der Waals surface area contributed by atoms with Gasteiger partial charge >= 0.3 is 8.80 Å². The summed E-state index contributed by atoms with van der Waals surface area (Å²) in [6, 6.07) is 0.793. The van der Waals surface area contributed by atoms with E-state index in [4.69, 9.17) is 13.3 Å². The summed E-state index contributed by atoms with van der Waals surface area (Å²) in [4.78, 5) is 6.14. The van der Waals surface area contributed by atoms with E-state index in [1.807, 2.05) is 19.0 Å². The summed E-state index contributed by atoms with van der Waals surface area (Å²) in [6.07, 6.45) is 2.71. The largest absolute Gasteiger partial charge is 0.500 e. The first-order valence-electron chi connectivity index (χ1n) is 4.92. The Labute approximate surface area is 93.4 Å². The minimum Gasteiger partial charge on any atom is -0.377 e. The van der Waals surface area contributed by atoms with Crippen molar-refractivity contribution in [2.24, 2.45) is 4.99 Å². The van der Waals surface area contributed by atoms with Crippen LogP contribution in [0.5, 0.6) is 0 Å².